The van der Waals surface area contributed by atoms with Crippen molar-refractivity contribution >= 4 is 16.5 Å². The maximum absolute atomic E-state index is 4.87. The second-order valence-corrected chi connectivity index (χ2v) is 6.56. The first kappa shape index (κ1) is 14.8. The van der Waals surface area contributed by atoms with Gasteiger partial charge in [0.25, 0.3) is 0 Å². The van der Waals surface area contributed by atoms with Gasteiger partial charge in [0.15, 0.2) is 5.13 Å². The van der Waals surface area contributed by atoms with Crippen LogP contribution in [0, 0.1) is 0 Å². The highest BCUT2D eigenvalue weighted by Gasteiger charge is 2.28. The van der Waals surface area contributed by atoms with Crippen molar-refractivity contribution in [3.05, 3.63) is 10.6 Å². The average molecular weight is 282 g/mol. The molecule has 1 aromatic heterocycles. The van der Waals surface area contributed by atoms with Gasteiger partial charge in [-0.1, -0.05) is 6.92 Å². The van der Waals surface area contributed by atoms with E-state index in [2.05, 4.69) is 36.1 Å². The van der Waals surface area contributed by atoms with Crippen LogP contribution < -0.4 is 10.2 Å². The minimum atomic E-state index is 0.633. The second-order valence-electron chi connectivity index (χ2n) is 5.50. The van der Waals surface area contributed by atoms with Crippen LogP contribution in [0.2, 0.25) is 0 Å². The number of aromatic nitrogens is 1. The number of rotatable bonds is 6. The van der Waals surface area contributed by atoms with Gasteiger partial charge in [-0.05, 0) is 40.4 Å². The number of likely N-dealkylation sites (N-methyl/N-ethyl adjacent to an activating group) is 1. The quantitative estimate of drug-likeness (QED) is 0.864. The Bertz CT molecular complexity index is 402. The van der Waals surface area contributed by atoms with E-state index in [9.17, 15) is 0 Å². The van der Waals surface area contributed by atoms with E-state index in [0.29, 0.717) is 6.04 Å². The Kier molecular flexibility index (Phi) is 5.19. The molecule has 19 heavy (non-hydrogen) atoms. The number of hydrogen-bond donors (Lipinski definition) is 1. The fraction of sp³-hybridized carbons (Fsp3) is 0.786. The predicted molar refractivity (Wildman–Crippen MR) is 83.2 cm³/mol. The van der Waals surface area contributed by atoms with Gasteiger partial charge in [0.05, 0.1) is 5.69 Å². The summed E-state index contributed by atoms with van der Waals surface area (Å²) in [5.74, 6) is 0. The summed E-state index contributed by atoms with van der Waals surface area (Å²) in [5, 5.41) is 4.48. The van der Waals surface area contributed by atoms with Crippen LogP contribution in [0.3, 0.4) is 0 Å². The minimum Gasteiger partial charge on any atom is -0.344 e. The lowest BCUT2D eigenvalue weighted by atomic mass is 10.2. The zero-order valence-electron chi connectivity index (χ0n) is 12.6. The van der Waals surface area contributed by atoms with Crippen molar-refractivity contribution in [2.24, 2.45) is 0 Å². The molecule has 2 rings (SSSR count). The van der Waals surface area contributed by atoms with Crippen molar-refractivity contribution in [3.63, 3.8) is 0 Å². The number of hydrogen-bond acceptors (Lipinski definition) is 5. The smallest absolute Gasteiger partial charge is 0.186 e. The molecule has 5 heteroatoms. The van der Waals surface area contributed by atoms with E-state index in [4.69, 9.17) is 4.98 Å². The molecule has 1 aliphatic rings. The molecule has 0 saturated carbocycles. The molecule has 1 saturated heterocycles. The van der Waals surface area contributed by atoms with Crippen LogP contribution in [-0.4, -0.2) is 50.2 Å². The Morgan fingerprint density at radius 1 is 1.47 bits per heavy atom. The molecule has 1 N–H and O–H groups in total. The summed E-state index contributed by atoms with van der Waals surface area (Å²) in [5.41, 5.74) is 1.27. The van der Waals surface area contributed by atoms with Crippen molar-refractivity contribution in [2.75, 3.05) is 39.1 Å². The molecule has 0 aromatic carbocycles. The van der Waals surface area contributed by atoms with Crippen LogP contribution in [0.4, 0.5) is 5.13 Å². The van der Waals surface area contributed by atoms with E-state index in [0.717, 1.165) is 26.1 Å². The first-order chi connectivity index (χ1) is 9.15. The maximum atomic E-state index is 4.87. The van der Waals surface area contributed by atoms with Crippen molar-refractivity contribution in [2.45, 2.75) is 38.8 Å². The van der Waals surface area contributed by atoms with Crippen LogP contribution in [-0.2, 0) is 13.0 Å². The van der Waals surface area contributed by atoms with E-state index in [1.165, 1.54) is 28.5 Å². The number of aryl methyl sites for hydroxylation is 1. The molecule has 0 bridgehead atoms. The van der Waals surface area contributed by atoms with Crippen LogP contribution in [0.5, 0.6) is 0 Å². The summed E-state index contributed by atoms with van der Waals surface area (Å²) in [6.45, 7) is 5.42. The fourth-order valence-electron chi connectivity index (χ4n) is 2.77. The van der Waals surface area contributed by atoms with E-state index in [-0.39, 0.29) is 0 Å². The minimum absolute atomic E-state index is 0.633. The standard InChI is InChI=1S/C14H26N4S/c1-5-12-13(9-15-2)19-14(16-12)18-8-6-7-11(18)10-17(3)4/h11,15H,5-10H2,1-4H3. The second kappa shape index (κ2) is 6.68. The molecule has 108 valence electrons. The average Bonchev–Trinajstić information content (AvgIpc) is 2.95. The van der Waals surface area contributed by atoms with Gasteiger partial charge in [-0.2, -0.15) is 0 Å². The summed E-state index contributed by atoms with van der Waals surface area (Å²) < 4.78 is 0. The Labute approximate surface area is 120 Å². The summed E-state index contributed by atoms with van der Waals surface area (Å²) in [6.07, 6.45) is 3.61. The number of nitrogens with one attached hydrogen (secondary N) is 1. The van der Waals surface area contributed by atoms with Gasteiger partial charge in [-0.25, -0.2) is 4.98 Å². The summed E-state index contributed by atoms with van der Waals surface area (Å²) in [4.78, 5) is 11.1. The van der Waals surface area contributed by atoms with Gasteiger partial charge < -0.3 is 15.1 Å². The summed E-state index contributed by atoms with van der Waals surface area (Å²) in [7, 11) is 6.31. The van der Waals surface area contributed by atoms with Crippen LogP contribution in [0.25, 0.3) is 0 Å². The van der Waals surface area contributed by atoms with Gasteiger partial charge in [0.2, 0.25) is 0 Å². The van der Waals surface area contributed by atoms with Crippen molar-refractivity contribution < 1.29 is 0 Å². The molecule has 0 aliphatic carbocycles. The van der Waals surface area contributed by atoms with Crippen molar-refractivity contribution in [1.82, 2.24) is 15.2 Å². The number of anilines is 1. The largest absolute Gasteiger partial charge is 0.344 e. The number of thiazole rings is 1. The molecule has 0 radical (unpaired) electrons. The monoisotopic (exact) mass is 282 g/mol. The SMILES string of the molecule is CCc1nc(N2CCCC2CN(C)C)sc1CNC. The maximum Gasteiger partial charge on any atom is 0.186 e. The lowest BCUT2D eigenvalue weighted by Crippen LogP contribution is -2.37. The third kappa shape index (κ3) is 3.46. The molecule has 4 nitrogen and oxygen atoms in total. The van der Waals surface area contributed by atoms with E-state index in [1.807, 2.05) is 18.4 Å². The van der Waals surface area contributed by atoms with Gasteiger partial charge >= 0.3 is 0 Å². The lowest BCUT2D eigenvalue weighted by Gasteiger charge is -2.26. The number of nitrogens with zero attached hydrogens (tertiary/aromatic N) is 3. The third-order valence-corrected chi connectivity index (χ3v) is 4.77. The van der Waals surface area contributed by atoms with E-state index >= 15 is 0 Å². The Hall–Kier alpha value is -0.650. The molecular formula is C14H26N4S. The van der Waals surface area contributed by atoms with E-state index < -0.39 is 0 Å². The molecular weight excluding hydrogens is 256 g/mol. The molecule has 0 spiro atoms. The zero-order valence-corrected chi connectivity index (χ0v) is 13.4. The summed E-state index contributed by atoms with van der Waals surface area (Å²) >= 11 is 1.87. The van der Waals surface area contributed by atoms with Gasteiger partial charge in [0.1, 0.15) is 0 Å². The van der Waals surface area contributed by atoms with Gasteiger partial charge in [-0.3, -0.25) is 0 Å². The Balaban J connectivity index is 2.15. The Morgan fingerprint density at radius 2 is 2.26 bits per heavy atom. The zero-order chi connectivity index (χ0) is 13.8. The van der Waals surface area contributed by atoms with Crippen molar-refractivity contribution in [1.29, 1.82) is 0 Å². The van der Waals surface area contributed by atoms with E-state index in [1.54, 1.807) is 0 Å². The van der Waals surface area contributed by atoms with Crippen LogP contribution in [0.1, 0.15) is 30.3 Å². The van der Waals surface area contributed by atoms with Gasteiger partial charge in [-0.15, -0.1) is 11.3 Å². The van der Waals surface area contributed by atoms with Crippen LogP contribution in [0.15, 0.2) is 0 Å². The molecule has 0 amide bonds. The summed E-state index contributed by atoms with van der Waals surface area (Å²) in [6, 6.07) is 0.633. The third-order valence-electron chi connectivity index (χ3n) is 3.64. The molecule has 2 heterocycles. The Morgan fingerprint density at radius 3 is 2.89 bits per heavy atom. The highest BCUT2D eigenvalue weighted by Crippen LogP contribution is 2.32. The van der Waals surface area contributed by atoms with Crippen molar-refractivity contribution in [3.8, 4) is 0 Å². The first-order valence-electron chi connectivity index (χ1n) is 7.20. The molecule has 1 atom stereocenters. The first-order valence-corrected chi connectivity index (χ1v) is 8.01. The topological polar surface area (TPSA) is 31.4 Å². The molecule has 1 aliphatic heterocycles. The van der Waals surface area contributed by atoms with Crippen LogP contribution >= 0.6 is 11.3 Å². The highest BCUT2D eigenvalue weighted by molar-refractivity contribution is 7.15. The highest BCUT2D eigenvalue weighted by atomic mass is 32.1. The predicted octanol–water partition coefficient (Wildman–Crippen LogP) is 1.96. The van der Waals surface area contributed by atoms with Gasteiger partial charge in [0, 0.05) is 30.6 Å². The normalized spacial score (nSPS) is 19.6. The lowest BCUT2D eigenvalue weighted by molar-refractivity contribution is 0.372. The molecule has 1 aromatic rings. The molecule has 1 unspecified atom stereocenters. The fourth-order valence-corrected chi connectivity index (χ4v) is 4.02. The molecule has 1 fully saturated rings.